The number of fused-ring (bicyclic) bond motifs is 1. The molecule has 1 saturated heterocycles. The highest BCUT2D eigenvalue weighted by Crippen LogP contribution is 2.43. The Hall–Kier alpha value is -2.21. The largest absolute Gasteiger partial charge is 0.378 e. The van der Waals surface area contributed by atoms with Gasteiger partial charge in [-0.2, -0.15) is 5.10 Å². The molecule has 0 saturated carbocycles. The first kappa shape index (κ1) is 20.1. The second-order valence-electron chi connectivity index (χ2n) is 9.13. The molecule has 3 atom stereocenters. The topological polar surface area (TPSA) is 60.2 Å². The molecular formula is C23H32N4O2. The number of benzene rings is 1. The summed E-state index contributed by atoms with van der Waals surface area (Å²) in [7, 11) is 1.85. The molecule has 1 aromatic heterocycles. The Morgan fingerprint density at radius 1 is 1.34 bits per heavy atom. The first-order valence-electron chi connectivity index (χ1n) is 10.7. The number of carbonyl (C=O) groups excluding carboxylic acids is 1. The van der Waals surface area contributed by atoms with Crippen LogP contribution >= 0.6 is 0 Å². The minimum atomic E-state index is -0.530. The van der Waals surface area contributed by atoms with Gasteiger partial charge in [-0.3, -0.25) is 4.79 Å². The Bertz CT molecular complexity index is 933. The molecule has 6 nitrogen and oxygen atoms in total. The lowest BCUT2D eigenvalue weighted by atomic mass is 9.85. The predicted molar refractivity (Wildman–Crippen MR) is 114 cm³/mol. The Labute approximate surface area is 173 Å². The van der Waals surface area contributed by atoms with Gasteiger partial charge >= 0.3 is 0 Å². The zero-order valence-electron chi connectivity index (χ0n) is 18.4. The lowest BCUT2D eigenvalue weighted by Gasteiger charge is -2.28. The van der Waals surface area contributed by atoms with Crippen LogP contribution in [0, 0.1) is 0 Å². The molecule has 1 fully saturated rings. The van der Waals surface area contributed by atoms with E-state index in [4.69, 9.17) is 14.8 Å². The molecule has 156 valence electrons. The molecule has 1 unspecified atom stereocenters. The Kier molecular flexibility index (Phi) is 5.01. The number of anilines is 1. The molecule has 2 aromatic rings. The van der Waals surface area contributed by atoms with Crippen molar-refractivity contribution in [3.05, 3.63) is 29.6 Å². The van der Waals surface area contributed by atoms with Crippen molar-refractivity contribution in [3.63, 3.8) is 0 Å². The van der Waals surface area contributed by atoms with E-state index in [0.29, 0.717) is 5.92 Å². The van der Waals surface area contributed by atoms with E-state index in [1.54, 1.807) is 4.90 Å². The summed E-state index contributed by atoms with van der Waals surface area (Å²) >= 11 is 0. The third-order valence-electron chi connectivity index (χ3n) is 6.63. The monoisotopic (exact) mass is 396 g/mol. The van der Waals surface area contributed by atoms with Gasteiger partial charge < -0.3 is 9.64 Å². The van der Waals surface area contributed by atoms with Gasteiger partial charge in [0.05, 0.1) is 17.6 Å². The van der Waals surface area contributed by atoms with Crippen LogP contribution in [0.1, 0.15) is 77.2 Å². The molecule has 0 N–H and O–H groups in total. The summed E-state index contributed by atoms with van der Waals surface area (Å²) in [4.78, 5) is 19.4. The summed E-state index contributed by atoms with van der Waals surface area (Å²) in [6.07, 6.45) is 3.11. The van der Waals surface area contributed by atoms with Gasteiger partial charge in [0.25, 0.3) is 0 Å². The van der Waals surface area contributed by atoms with Crippen LogP contribution in [0.2, 0.25) is 0 Å². The van der Waals surface area contributed by atoms with Crippen molar-refractivity contribution in [2.45, 2.75) is 77.4 Å². The van der Waals surface area contributed by atoms with Gasteiger partial charge in [-0.1, -0.05) is 13.8 Å². The van der Waals surface area contributed by atoms with Gasteiger partial charge in [-0.15, -0.1) is 0 Å². The number of hydrogen-bond donors (Lipinski definition) is 0. The number of ether oxygens (including phenoxy) is 1. The molecule has 0 radical (unpaired) electrons. The van der Waals surface area contributed by atoms with Gasteiger partial charge in [0.2, 0.25) is 5.91 Å². The SMILES string of the molecule is CCC(C)c1nc(-c2ccc3c(c2)C(C)(C)C(=O)N3C)n([C@@H]2CCO[C@@H](C)C2)n1. The molecule has 2 aliphatic heterocycles. The van der Waals surface area contributed by atoms with E-state index in [0.717, 1.165) is 54.3 Å². The maximum atomic E-state index is 12.7. The Morgan fingerprint density at radius 3 is 2.79 bits per heavy atom. The maximum absolute atomic E-state index is 12.7. The maximum Gasteiger partial charge on any atom is 0.236 e. The molecule has 0 spiro atoms. The van der Waals surface area contributed by atoms with Crippen molar-refractivity contribution in [2.75, 3.05) is 18.6 Å². The van der Waals surface area contributed by atoms with Crippen molar-refractivity contribution < 1.29 is 9.53 Å². The standard InChI is InChI=1S/C23H32N4O2/c1-7-14(2)20-24-21(27(25-20)17-10-11-29-15(3)12-17)16-8-9-19-18(13-16)23(4,5)22(28)26(19)6/h8-9,13-15,17H,7,10-12H2,1-6H3/t14?,15-,17+/m0/s1. The summed E-state index contributed by atoms with van der Waals surface area (Å²) in [6.45, 7) is 11.2. The average molecular weight is 397 g/mol. The van der Waals surface area contributed by atoms with Crippen LogP contribution < -0.4 is 4.90 Å². The van der Waals surface area contributed by atoms with Gasteiger partial charge in [0.1, 0.15) is 0 Å². The quantitative estimate of drug-likeness (QED) is 0.766. The summed E-state index contributed by atoms with van der Waals surface area (Å²) < 4.78 is 7.88. The number of nitrogens with zero attached hydrogens (tertiary/aromatic N) is 4. The summed E-state index contributed by atoms with van der Waals surface area (Å²) in [5.41, 5.74) is 2.54. The second kappa shape index (κ2) is 7.24. The minimum absolute atomic E-state index is 0.129. The zero-order valence-corrected chi connectivity index (χ0v) is 18.4. The van der Waals surface area contributed by atoms with Crippen molar-refractivity contribution in [2.24, 2.45) is 0 Å². The van der Waals surface area contributed by atoms with E-state index in [-0.39, 0.29) is 18.1 Å². The lowest BCUT2D eigenvalue weighted by molar-refractivity contribution is -0.121. The molecule has 2 aliphatic rings. The molecule has 1 aromatic carbocycles. The fraction of sp³-hybridized carbons (Fsp3) is 0.609. The highest BCUT2D eigenvalue weighted by atomic mass is 16.5. The van der Waals surface area contributed by atoms with Crippen LogP contribution in [0.15, 0.2) is 18.2 Å². The first-order chi connectivity index (χ1) is 13.7. The Morgan fingerprint density at radius 2 is 2.10 bits per heavy atom. The molecular weight excluding hydrogens is 364 g/mol. The molecule has 4 rings (SSSR count). The van der Waals surface area contributed by atoms with Crippen molar-refractivity contribution in [1.82, 2.24) is 14.8 Å². The van der Waals surface area contributed by atoms with Crippen LogP contribution in [0.5, 0.6) is 0 Å². The van der Waals surface area contributed by atoms with Gasteiger partial charge in [0, 0.05) is 30.8 Å². The van der Waals surface area contributed by atoms with Gasteiger partial charge in [0.15, 0.2) is 11.6 Å². The number of hydrogen-bond acceptors (Lipinski definition) is 4. The fourth-order valence-corrected chi connectivity index (χ4v) is 4.49. The third kappa shape index (κ3) is 3.27. The average Bonchev–Trinajstić information content (AvgIpc) is 3.23. The smallest absolute Gasteiger partial charge is 0.236 e. The van der Waals surface area contributed by atoms with E-state index in [1.807, 2.05) is 27.0 Å². The lowest BCUT2D eigenvalue weighted by Crippen LogP contribution is -2.33. The third-order valence-corrected chi connectivity index (χ3v) is 6.63. The molecule has 0 aliphatic carbocycles. The van der Waals surface area contributed by atoms with Crippen molar-refractivity contribution in [3.8, 4) is 11.4 Å². The molecule has 29 heavy (non-hydrogen) atoms. The van der Waals surface area contributed by atoms with Crippen LogP contribution in [0.4, 0.5) is 5.69 Å². The second-order valence-corrected chi connectivity index (χ2v) is 9.13. The number of likely N-dealkylation sites (N-methyl/N-ethyl adjacent to an activating group) is 1. The first-order valence-corrected chi connectivity index (χ1v) is 10.7. The van der Waals surface area contributed by atoms with Crippen LogP contribution in [0.3, 0.4) is 0 Å². The Balaban J connectivity index is 1.82. The van der Waals surface area contributed by atoms with E-state index in [1.165, 1.54) is 0 Å². The normalized spacial score (nSPS) is 24.6. The van der Waals surface area contributed by atoms with Crippen LogP contribution in [-0.2, 0) is 14.9 Å². The summed E-state index contributed by atoms with van der Waals surface area (Å²) in [6, 6.07) is 6.55. The van der Waals surface area contributed by atoms with Gasteiger partial charge in [-0.05, 0) is 63.8 Å². The molecule has 6 heteroatoms. The van der Waals surface area contributed by atoms with E-state index in [2.05, 4.69) is 37.6 Å². The predicted octanol–water partition coefficient (Wildman–Crippen LogP) is 4.45. The van der Waals surface area contributed by atoms with Crippen LogP contribution in [0.25, 0.3) is 11.4 Å². The summed E-state index contributed by atoms with van der Waals surface area (Å²) in [5.74, 6) is 2.24. The van der Waals surface area contributed by atoms with Crippen LogP contribution in [-0.4, -0.2) is 40.4 Å². The fourth-order valence-electron chi connectivity index (χ4n) is 4.49. The van der Waals surface area contributed by atoms with Crippen molar-refractivity contribution in [1.29, 1.82) is 0 Å². The highest BCUT2D eigenvalue weighted by molar-refractivity contribution is 6.07. The summed E-state index contributed by atoms with van der Waals surface area (Å²) in [5, 5.41) is 4.95. The zero-order chi connectivity index (χ0) is 20.9. The minimum Gasteiger partial charge on any atom is -0.378 e. The number of aromatic nitrogens is 3. The molecule has 0 bridgehead atoms. The molecule has 1 amide bonds. The number of rotatable bonds is 4. The van der Waals surface area contributed by atoms with E-state index >= 15 is 0 Å². The van der Waals surface area contributed by atoms with Crippen molar-refractivity contribution >= 4 is 11.6 Å². The van der Waals surface area contributed by atoms with E-state index in [9.17, 15) is 4.79 Å². The number of carbonyl (C=O) groups is 1. The van der Waals surface area contributed by atoms with Gasteiger partial charge in [-0.25, -0.2) is 9.67 Å². The highest BCUT2D eigenvalue weighted by Gasteiger charge is 2.42. The van der Waals surface area contributed by atoms with E-state index < -0.39 is 5.41 Å². The molecule has 3 heterocycles. The number of amides is 1.